The van der Waals surface area contributed by atoms with Crippen LogP contribution in [0.15, 0.2) is 36.4 Å². The van der Waals surface area contributed by atoms with Crippen LogP contribution in [-0.2, 0) is 4.79 Å². The fourth-order valence-corrected chi connectivity index (χ4v) is 3.64. The predicted octanol–water partition coefficient (Wildman–Crippen LogP) is 3.79. The Morgan fingerprint density at radius 1 is 1.11 bits per heavy atom. The van der Waals surface area contributed by atoms with Crippen molar-refractivity contribution in [2.75, 3.05) is 9.80 Å². The molecule has 0 atom stereocenters. The lowest BCUT2D eigenvalue weighted by atomic mass is 10.0. The number of halogens is 1. The van der Waals surface area contributed by atoms with Gasteiger partial charge in [-0.05, 0) is 63.3 Å². The summed E-state index contributed by atoms with van der Waals surface area (Å²) < 4.78 is 14.1. The van der Waals surface area contributed by atoms with Gasteiger partial charge >= 0.3 is 0 Å². The van der Waals surface area contributed by atoms with Crippen LogP contribution in [0.3, 0.4) is 0 Å². The van der Waals surface area contributed by atoms with Crippen molar-refractivity contribution < 1.29 is 9.18 Å². The molecule has 27 heavy (non-hydrogen) atoms. The summed E-state index contributed by atoms with van der Waals surface area (Å²) in [5.74, 6) is -0.688. The molecule has 3 rings (SSSR count). The molecule has 0 unspecified atom stereocenters. The number of nitrogens with zero attached hydrogens (tertiary/aromatic N) is 4. The van der Waals surface area contributed by atoms with Crippen LogP contribution in [-0.4, -0.2) is 16.6 Å². The maximum atomic E-state index is 14.1. The third-order valence-corrected chi connectivity index (χ3v) is 5.02. The molecule has 2 aromatic carbocycles. The first-order valence-corrected chi connectivity index (χ1v) is 8.53. The number of amides is 1. The van der Waals surface area contributed by atoms with Gasteiger partial charge in [0.25, 0.3) is 5.91 Å². The summed E-state index contributed by atoms with van der Waals surface area (Å²) in [6.07, 6.45) is 0. The van der Waals surface area contributed by atoms with Crippen molar-refractivity contribution in [2.45, 2.75) is 26.3 Å². The van der Waals surface area contributed by atoms with E-state index < -0.39 is 5.54 Å². The molecule has 1 saturated heterocycles. The quantitative estimate of drug-likeness (QED) is 0.744. The largest absolute Gasteiger partial charge is 0.303 e. The van der Waals surface area contributed by atoms with E-state index in [2.05, 4.69) is 0 Å². The molecule has 134 valence electrons. The van der Waals surface area contributed by atoms with Crippen LogP contribution in [0, 0.1) is 35.4 Å². The Hall–Kier alpha value is -3.29. The average molecular weight is 378 g/mol. The van der Waals surface area contributed by atoms with Gasteiger partial charge in [0.2, 0.25) is 0 Å². The van der Waals surface area contributed by atoms with Crippen LogP contribution >= 0.6 is 12.2 Å². The zero-order chi connectivity index (χ0) is 19.9. The van der Waals surface area contributed by atoms with E-state index in [4.69, 9.17) is 17.5 Å². The van der Waals surface area contributed by atoms with Crippen molar-refractivity contribution >= 4 is 34.6 Å². The number of carbonyl (C=O) groups excluding carboxylic acids is 1. The van der Waals surface area contributed by atoms with Gasteiger partial charge in [-0.3, -0.25) is 9.69 Å². The van der Waals surface area contributed by atoms with Crippen molar-refractivity contribution in [3.8, 4) is 12.1 Å². The van der Waals surface area contributed by atoms with E-state index in [0.29, 0.717) is 16.9 Å². The lowest BCUT2D eigenvalue weighted by Crippen LogP contribution is -2.44. The van der Waals surface area contributed by atoms with Gasteiger partial charge in [0.15, 0.2) is 5.11 Å². The number of hydrogen-bond acceptors (Lipinski definition) is 4. The highest BCUT2D eigenvalue weighted by molar-refractivity contribution is 7.81. The Morgan fingerprint density at radius 3 is 2.41 bits per heavy atom. The van der Waals surface area contributed by atoms with E-state index in [1.54, 1.807) is 43.9 Å². The number of rotatable bonds is 2. The summed E-state index contributed by atoms with van der Waals surface area (Å²) in [4.78, 5) is 16.1. The smallest absolute Gasteiger partial charge is 0.259 e. The van der Waals surface area contributed by atoms with Crippen LogP contribution < -0.4 is 9.80 Å². The van der Waals surface area contributed by atoms with E-state index in [1.165, 1.54) is 23.1 Å². The Morgan fingerprint density at radius 2 is 1.78 bits per heavy atom. The van der Waals surface area contributed by atoms with Gasteiger partial charge in [-0.25, -0.2) is 4.39 Å². The van der Waals surface area contributed by atoms with Gasteiger partial charge in [0.1, 0.15) is 23.5 Å². The summed E-state index contributed by atoms with van der Waals surface area (Å²) in [6, 6.07) is 13.0. The van der Waals surface area contributed by atoms with Gasteiger partial charge in [0.05, 0.1) is 22.5 Å². The molecule has 7 heteroatoms. The van der Waals surface area contributed by atoms with Crippen LogP contribution in [0.1, 0.15) is 30.5 Å². The van der Waals surface area contributed by atoms with Crippen LogP contribution in [0.5, 0.6) is 0 Å². The molecule has 1 heterocycles. The van der Waals surface area contributed by atoms with Crippen LogP contribution in [0.4, 0.5) is 15.8 Å². The molecule has 2 aromatic rings. The summed E-state index contributed by atoms with van der Waals surface area (Å²) in [5.41, 5.74) is 0.621. The first kappa shape index (κ1) is 18.5. The average Bonchev–Trinajstić information content (AvgIpc) is 2.82. The van der Waals surface area contributed by atoms with Gasteiger partial charge in [-0.1, -0.05) is 6.07 Å². The predicted molar refractivity (Wildman–Crippen MR) is 104 cm³/mol. The molecule has 0 aromatic heterocycles. The molecule has 1 aliphatic heterocycles. The second-order valence-corrected chi connectivity index (χ2v) is 7.02. The standard InChI is InChI=1S/C20H15FN4OS/c1-12-16(21)5-4-6-17(12)25-19(27)24(18(26)20(25,2)3)15-8-7-13(10-22)14(9-15)11-23/h4-9H,1-3H3. The first-order valence-electron chi connectivity index (χ1n) is 8.12. The van der Waals surface area contributed by atoms with E-state index in [1.807, 2.05) is 12.1 Å². The number of benzene rings is 2. The van der Waals surface area contributed by atoms with E-state index in [-0.39, 0.29) is 28.0 Å². The lowest BCUT2D eigenvalue weighted by Gasteiger charge is -2.30. The highest BCUT2D eigenvalue weighted by atomic mass is 32.1. The first-order chi connectivity index (χ1) is 12.7. The molecule has 0 aliphatic carbocycles. The van der Waals surface area contributed by atoms with Crippen LogP contribution in [0.2, 0.25) is 0 Å². The minimum Gasteiger partial charge on any atom is -0.303 e. The number of thiocarbonyl (C=S) groups is 1. The van der Waals surface area contributed by atoms with E-state index in [9.17, 15) is 14.4 Å². The van der Waals surface area contributed by atoms with Gasteiger partial charge < -0.3 is 4.90 Å². The molecule has 1 aliphatic rings. The molecule has 0 spiro atoms. The number of anilines is 2. The minimum absolute atomic E-state index is 0.156. The number of carbonyl (C=O) groups is 1. The maximum absolute atomic E-state index is 14.1. The Kier molecular flexibility index (Phi) is 4.43. The molecular formula is C20H15FN4OS. The van der Waals surface area contributed by atoms with Gasteiger partial charge in [0, 0.05) is 5.56 Å². The Labute approximate surface area is 161 Å². The molecular weight excluding hydrogens is 363 g/mol. The highest BCUT2D eigenvalue weighted by Crippen LogP contribution is 2.38. The van der Waals surface area contributed by atoms with Gasteiger partial charge in [-0.15, -0.1) is 0 Å². The Bertz CT molecular complexity index is 1060. The molecule has 1 fully saturated rings. The van der Waals surface area contributed by atoms with Crippen molar-refractivity contribution in [1.82, 2.24) is 0 Å². The Balaban J connectivity index is 2.15. The van der Waals surface area contributed by atoms with E-state index >= 15 is 0 Å². The minimum atomic E-state index is -1.05. The van der Waals surface area contributed by atoms with Crippen molar-refractivity contribution in [2.24, 2.45) is 0 Å². The fourth-order valence-electron chi connectivity index (χ4n) is 3.13. The molecule has 0 saturated carbocycles. The molecule has 0 N–H and O–H groups in total. The summed E-state index contributed by atoms with van der Waals surface area (Å²) in [6.45, 7) is 5.05. The molecule has 1 amide bonds. The van der Waals surface area contributed by atoms with Crippen LogP contribution in [0.25, 0.3) is 0 Å². The highest BCUT2D eigenvalue weighted by Gasteiger charge is 2.50. The lowest BCUT2D eigenvalue weighted by molar-refractivity contribution is -0.120. The third-order valence-electron chi connectivity index (χ3n) is 4.65. The molecule has 5 nitrogen and oxygen atoms in total. The second-order valence-electron chi connectivity index (χ2n) is 6.66. The zero-order valence-electron chi connectivity index (χ0n) is 14.9. The monoisotopic (exact) mass is 378 g/mol. The fraction of sp³-hybridized carbons (Fsp3) is 0.200. The molecule has 0 radical (unpaired) electrons. The zero-order valence-corrected chi connectivity index (χ0v) is 15.8. The summed E-state index contributed by atoms with van der Waals surface area (Å²) in [5, 5.41) is 18.5. The number of hydrogen-bond donors (Lipinski definition) is 0. The van der Waals surface area contributed by atoms with Crippen molar-refractivity contribution in [1.29, 1.82) is 10.5 Å². The van der Waals surface area contributed by atoms with Crippen molar-refractivity contribution in [3.05, 3.63) is 58.9 Å². The van der Waals surface area contributed by atoms with Crippen molar-refractivity contribution in [3.63, 3.8) is 0 Å². The summed E-state index contributed by atoms with van der Waals surface area (Å²) >= 11 is 5.56. The maximum Gasteiger partial charge on any atom is 0.259 e. The third kappa shape index (κ3) is 2.73. The number of nitriles is 2. The normalized spacial score (nSPS) is 15.6. The second kappa shape index (κ2) is 6.46. The summed E-state index contributed by atoms with van der Waals surface area (Å²) in [7, 11) is 0. The molecule has 0 bridgehead atoms. The topological polar surface area (TPSA) is 71.1 Å². The van der Waals surface area contributed by atoms with E-state index in [0.717, 1.165) is 0 Å². The SMILES string of the molecule is Cc1c(F)cccc1N1C(=S)N(c2ccc(C#N)c(C#N)c2)C(=O)C1(C)C. The van der Waals surface area contributed by atoms with Gasteiger partial charge in [-0.2, -0.15) is 10.5 Å².